The van der Waals surface area contributed by atoms with Crippen molar-refractivity contribution in [2.45, 2.75) is 11.0 Å². The molecule has 1 heteroatoms. The summed E-state index contributed by atoms with van der Waals surface area (Å²) in [5.74, 6) is 21.8. The maximum Gasteiger partial charge on any atom is 0.126 e. The van der Waals surface area contributed by atoms with Gasteiger partial charge in [-0.3, -0.25) is 0 Å². The highest BCUT2D eigenvalue weighted by atomic mass is 16.5. The first-order chi connectivity index (χ1) is 13.4. The van der Waals surface area contributed by atoms with Gasteiger partial charge in [-0.15, -0.1) is 0 Å². The van der Waals surface area contributed by atoms with E-state index in [1.54, 1.807) is 5.56 Å². The fourth-order valence-electron chi connectivity index (χ4n) is 17.3. The van der Waals surface area contributed by atoms with Crippen LogP contribution in [0.1, 0.15) is 5.56 Å². The summed E-state index contributed by atoms with van der Waals surface area (Å²) in [5.41, 5.74) is 2.55. The zero-order valence-corrected chi connectivity index (χ0v) is 15.1. The van der Waals surface area contributed by atoms with E-state index in [0.717, 1.165) is 59.2 Å². The molecule has 0 aromatic heterocycles. The van der Waals surface area contributed by atoms with Gasteiger partial charge in [0.2, 0.25) is 0 Å². The summed E-state index contributed by atoms with van der Waals surface area (Å²) in [6.07, 6.45) is 0. The Morgan fingerprint density at radius 1 is 0.519 bits per heavy atom. The van der Waals surface area contributed by atoms with Gasteiger partial charge in [-0.25, -0.2) is 0 Å². The van der Waals surface area contributed by atoms with Crippen molar-refractivity contribution in [3.63, 3.8) is 0 Å². The molecule has 0 amide bonds. The lowest BCUT2D eigenvalue weighted by atomic mass is 9.62. The lowest BCUT2D eigenvalue weighted by Crippen LogP contribution is -2.53. The van der Waals surface area contributed by atoms with Gasteiger partial charge in [0, 0.05) is 22.8 Å². The van der Waals surface area contributed by atoms with Crippen molar-refractivity contribution in [3.8, 4) is 5.75 Å². The molecule has 12 aliphatic carbocycles. The number of para-hydroxylation sites is 1. The van der Waals surface area contributed by atoms with Crippen LogP contribution in [0, 0.1) is 107 Å². The molecule has 27 heavy (non-hydrogen) atoms. The first-order valence-corrected chi connectivity index (χ1v) is 12.2. The van der Waals surface area contributed by atoms with E-state index in [0.29, 0.717) is 11.0 Å². The molecule has 132 valence electrons. The summed E-state index contributed by atoms with van der Waals surface area (Å²) < 4.78 is 7.43. The fourth-order valence-corrected chi connectivity index (χ4v) is 17.3. The van der Waals surface area contributed by atoms with Crippen molar-refractivity contribution < 1.29 is 4.74 Å². The molecule has 1 nitrogen and oxygen atoms in total. The zero-order valence-electron chi connectivity index (χ0n) is 15.1. The summed E-state index contributed by atoms with van der Waals surface area (Å²) in [6.45, 7) is 0. The number of fused-ring (bicyclic) bond motifs is 1. The molecule has 1 aromatic rings. The van der Waals surface area contributed by atoms with Crippen LogP contribution in [-0.4, -0.2) is 5.60 Å². The SMILES string of the molecule is c1ccc2c(c1)OC13[C@@H]4[C@@H]5[C@@H]6C7C8[C@@H]9[C@@H]6[C@@H]4[C@@H]4[C@@H]9[C@@H]6[C@@H]8[C@@H]8[C@@H]7[C@@H]5[C@@H]1[C@@H]8[C@@H]6C243. The molecule has 0 radical (unpaired) electrons. The van der Waals surface area contributed by atoms with Gasteiger partial charge < -0.3 is 4.74 Å². The predicted molar refractivity (Wildman–Crippen MR) is 94.3 cm³/mol. The molecule has 14 rings (SSSR count). The monoisotopic (exact) mass is 350 g/mol. The van der Waals surface area contributed by atoms with Crippen molar-refractivity contribution in [2.75, 3.05) is 0 Å². The Balaban J connectivity index is 1.35. The number of rotatable bonds is 0. The smallest absolute Gasteiger partial charge is 0.126 e. The lowest BCUT2D eigenvalue weighted by molar-refractivity contribution is -0.0228. The minimum Gasteiger partial charge on any atom is -0.485 e. The molecule has 2 spiro atoms. The zero-order chi connectivity index (χ0) is 16.1. The minimum absolute atomic E-state index is 0.300. The average molecular weight is 350 g/mol. The van der Waals surface area contributed by atoms with Gasteiger partial charge >= 0.3 is 0 Å². The summed E-state index contributed by atoms with van der Waals surface area (Å²) in [7, 11) is 0. The Morgan fingerprint density at radius 2 is 1.00 bits per heavy atom. The molecular formula is C26H22O. The Bertz CT molecular complexity index is 1080. The number of hydrogen-bond acceptors (Lipinski definition) is 1. The van der Waals surface area contributed by atoms with E-state index in [4.69, 9.17) is 4.74 Å². The molecule has 20 atom stereocenters. The van der Waals surface area contributed by atoms with E-state index in [1.165, 1.54) is 53.1 Å². The van der Waals surface area contributed by atoms with Crippen molar-refractivity contribution >= 4 is 0 Å². The molecule has 1 heterocycles. The van der Waals surface area contributed by atoms with Crippen LogP contribution < -0.4 is 4.74 Å². The number of benzene rings is 1. The molecule has 0 saturated heterocycles. The Labute approximate surface area is 158 Å². The normalized spacial score (nSPS) is 89.3. The first-order valence-electron chi connectivity index (χ1n) is 12.2. The molecule has 0 bridgehead atoms. The summed E-state index contributed by atoms with van der Waals surface area (Å²) in [6, 6.07) is 9.55. The Morgan fingerprint density at radius 3 is 1.63 bits per heavy atom. The summed E-state index contributed by atoms with van der Waals surface area (Å²) in [5, 5.41) is 0. The van der Waals surface area contributed by atoms with Crippen LogP contribution in [0.5, 0.6) is 5.75 Å². The van der Waals surface area contributed by atoms with Gasteiger partial charge in [0.1, 0.15) is 11.4 Å². The van der Waals surface area contributed by atoms with Crippen LogP contribution in [0.25, 0.3) is 0 Å². The highest BCUT2D eigenvalue weighted by molar-refractivity contribution is 5.63. The molecule has 13 aliphatic rings. The van der Waals surface area contributed by atoms with Crippen LogP contribution in [0.15, 0.2) is 24.3 Å². The fraction of sp³-hybridized carbons (Fsp3) is 0.769. The van der Waals surface area contributed by atoms with Crippen LogP contribution in [-0.2, 0) is 5.41 Å². The van der Waals surface area contributed by atoms with Crippen LogP contribution >= 0.6 is 0 Å². The topological polar surface area (TPSA) is 9.23 Å². The third-order valence-corrected chi connectivity index (χ3v) is 15.2. The Hall–Kier alpha value is -0.980. The van der Waals surface area contributed by atoms with E-state index < -0.39 is 0 Å². The van der Waals surface area contributed by atoms with Crippen LogP contribution in [0.4, 0.5) is 0 Å². The molecule has 12 saturated carbocycles. The lowest BCUT2D eigenvalue weighted by Gasteiger charge is -2.42. The van der Waals surface area contributed by atoms with Crippen molar-refractivity contribution in [3.05, 3.63) is 29.8 Å². The third kappa shape index (κ3) is 0.559. The van der Waals surface area contributed by atoms with Crippen molar-refractivity contribution in [1.29, 1.82) is 0 Å². The van der Waals surface area contributed by atoms with E-state index in [-0.39, 0.29) is 0 Å². The largest absolute Gasteiger partial charge is 0.485 e. The predicted octanol–water partition coefficient (Wildman–Crippen LogP) is 3.30. The van der Waals surface area contributed by atoms with Crippen LogP contribution in [0.2, 0.25) is 0 Å². The molecule has 12 fully saturated rings. The van der Waals surface area contributed by atoms with Gasteiger partial charge in [-0.1, -0.05) is 18.2 Å². The van der Waals surface area contributed by atoms with Gasteiger partial charge in [0.25, 0.3) is 0 Å². The molecule has 4 unspecified atom stereocenters. The standard InChI is InChI=1S/C26H22O/c1-2-4-6-5(3-1)25-21-15-9-7-8-11-13(9)19(21)23-17(11)18-12(8)14-10(7)16(15)22(25)20(14)24(18)26(23,25)27-6/h1-4,7-24H/t7?,8?,9-,10+,11-,12-,13+,14-,15+,16+,17-,18+,19-,20+,21+,22-,23-,24-,25?,26?/m1/s1. The molecule has 1 aromatic carbocycles. The molecular weight excluding hydrogens is 328 g/mol. The van der Waals surface area contributed by atoms with E-state index in [1.807, 2.05) is 0 Å². The second-order valence-corrected chi connectivity index (χ2v) is 13.4. The second kappa shape index (κ2) is 2.50. The second-order valence-electron chi connectivity index (χ2n) is 13.4. The van der Waals surface area contributed by atoms with Crippen molar-refractivity contribution in [1.82, 2.24) is 0 Å². The highest BCUT2D eigenvalue weighted by Crippen LogP contribution is 3.05. The van der Waals surface area contributed by atoms with E-state index in [9.17, 15) is 0 Å². The van der Waals surface area contributed by atoms with Gasteiger partial charge in [0.05, 0.1) is 0 Å². The van der Waals surface area contributed by atoms with Crippen molar-refractivity contribution in [2.24, 2.45) is 107 Å². The van der Waals surface area contributed by atoms with E-state index in [2.05, 4.69) is 24.3 Å². The Kier molecular flexibility index (Phi) is 1.04. The van der Waals surface area contributed by atoms with Crippen LogP contribution in [0.3, 0.4) is 0 Å². The quantitative estimate of drug-likeness (QED) is 0.698. The highest BCUT2D eigenvalue weighted by Gasteiger charge is 3.07. The van der Waals surface area contributed by atoms with E-state index >= 15 is 0 Å². The number of ether oxygens (including phenoxy) is 1. The first kappa shape index (κ1) is 11.3. The molecule has 0 N–H and O–H groups in total. The maximum absolute atomic E-state index is 7.43. The molecule has 1 aliphatic heterocycles. The minimum atomic E-state index is 0.300. The third-order valence-electron chi connectivity index (χ3n) is 15.2. The van der Waals surface area contributed by atoms with Gasteiger partial charge in [-0.05, 0) is 101 Å². The van der Waals surface area contributed by atoms with Gasteiger partial charge in [0.15, 0.2) is 0 Å². The maximum atomic E-state index is 7.43. The summed E-state index contributed by atoms with van der Waals surface area (Å²) >= 11 is 0. The average Bonchev–Trinajstić information content (AvgIpc) is 3.39. The van der Waals surface area contributed by atoms with Gasteiger partial charge in [-0.2, -0.15) is 0 Å². The number of hydrogen-bond donors (Lipinski definition) is 0. The summed E-state index contributed by atoms with van der Waals surface area (Å²) in [4.78, 5) is 0.